The van der Waals surface area contributed by atoms with Gasteiger partial charge in [-0.3, -0.25) is 0 Å². The van der Waals surface area contributed by atoms with Crippen molar-refractivity contribution < 1.29 is 0 Å². The molecule has 60 valence electrons. The molecular weight excluding hydrogens is 120 g/mol. The van der Waals surface area contributed by atoms with Crippen molar-refractivity contribution in [3.8, 4) is 0 Å². The molecule has 0 aliphatic heterocycles. The van der Waals surface area contributed by atoms with Gasteiger partial charge in [-0.1, -0.05) is 46.8 Å². The van der Waals surface area contributed by atoms with Crippen LogP contribution in [0.1, 0.15) is 34.6 Å². The summed E-state index contributed by atoms with van der Waals surface area (Å²) in [6, 6.07) is 0. The molecule has 0 rings (SSSR count). The summed E-state index contributed by atoms with van der Waals surface area (Å²) in [6.07, 6.45) is 0. The Hall–Kier alpha value is -0.260. The van der Waals surface area contributed by atoms with Gasteiger partial charge < -0.3 is 0 Å². The lowest BCUT2D eigenvalue weighted by atomic mass is 9.85. The van der Waals surface area contributed by atoms with Gasteiger partial charge in [-0.2, -0.15) is 0 Å². The third-order valence-electron chi connectivity index (χ3n) is 2.33. The summed E-state index contributed by atoms with van der Waals surface area (Å²) in [7, 11) is 0. The van der Waals surface area contributed by atoms with E-state index in [1.165, 1.54) is 5.57 Å². The normalized spacial score (nSPS) is 14.3. The minimum atomic E-state index is 0.636. The summed E-state index contributed by atoms with van der Waals surface area (Å²) in [6.45, 7) is 15.2. The average Bonchev–Trinajstić information content (AvgIpc) is 1.84. The van der Waals surface area contributed by atoms with Gasteiger partial charge in [0, 0.05) is 0 Å². The van der Waals surface area contributed by atoms with Crippen LogP contribution in [0.3, 0.4) is 0 Å². The van der Waals surface area contributed by atoms with E-state index in [9.17, 15) is 0 Å². The Morgan fingerprint density at radius 2 is 1.40 bits per heavy atom. The Morgan fingerprint density at radius 3 is 1.50 bits per heavy atom. The number of allylic oxidation sites excluding steroid dienone is 1. The molecular formula is C10H20. The van der Waals surface area contributed by atoms with Crippen LogP contribution in [0.4, 0.5) is 0 Å². The predicted molar refractivity (Wildman–Crippen MR) is 48.0 cm³/mol. The summed E-state index contributed by atoms with van der Waals surface area (Å²) < 4.78 is 0. The van der Waals surface area contributed by atoms with Crippen molar-refractivity contribution in [3.63, 3.8) is 0 Å². The van der Waals surface area contributed by atoms with Gasteiger partial charge in [0.1, 0.15) is 0 Å². The first-order valence-electron chi connectivity index (χ1n) is 4.15. The highest BCUT2D eigenvalue weighted by molar-refractivity contribution is 5.02. The Balaban J connectivity index is 3.95. The van der Waals surface area contributed by atoms with Crippen molar-refractivity contribution in [2.75, 3.05) is 0 Å². The van der Waals surface area contributed by atoms with Gasteiger partial charge in [-0.15, -0.1) is 0 Å². The molecule has 1 atom stereocenters. The van der Waals surface area contributed by atoms with Crippen LogP contribution in [0.2, 0.25) is 0 Å². The zero-order valence-corrected chi connectivity index (χ0v) is 7.94. The lowest BCUT2D eigenvalue weighted by molar-refractivity contribution is 0.445. The second-order valence-electron chi connectivity index (χ2n) is 3.76. The van der Waals surface area contributed by atoms with E-state index in [-0.39, 0.29) is 0 Å². The van der Waals surface area contributed by atoms with E-state index in [1.54, 1.807) is 0 Å². The van der Waals surface area contributed by atoms with E-state index in [4.69, 9.17) is 0 Å². The molecule has 10 heavy (non-hydrogen) atoms. The van der Waals surface area contributed by atoms with Crippen LogP contribution >= 0.6 is 0 Å². The maximum atomic E-state index is 4.08. The highest BCUT2D eigenvalue weighted by Gasteiger charge is 2.12. The smallest absolute Gasteiger partial charge is 0.0209 e. The Kier molecular flexibility index (Phi) is 3.70. The molecule has 0 N–H and O–H groups in total. The summed E-state index contributed by atoms with van der Waals surface area (Å²) >= 11 is 0. The Labute approximate surface area is 65.3 Å². The van der Waals surface area contributed by atoms with Crippen LogP contribution in [0.5, 0.6) is 0 Å². The molecule has 0 aromatic carbocycles. The van der Waals surface area contributed by atoms with Crippen molar-refractivity contribution in [1.29, 1.82) is 0 Å². The molecule has 0 aliphatic rings. The van der Waals surface area contributed by atoms with E-state index in [2.05, 4.69) is 41.2 Å². The summed E-state index contributed by atoms with van der Waals surface area (Å²) in [5, 5.41) is 0. The highest BCUT2D eigenvalue weighted by atomic mass is 14.2. The fourth-order valence-corrected chi connectivity index (χ4v) is 0.954. The summed E-state index contributed by atoms with van der Waals surface area (Å²) in [4.78, 5) is 0. The molecule has 0 heteroatoms. The van der Waals surface area contributed by atoms with E-state index in [0.29, 0.717) is 11.8 Å². The molecule has 0 nitrogen and oxygen atoms in total. The SMILES string of the molecule is C=C(C(C)C)C(C)C(C)C. The highest BCUT2D eigenvalue weighted by Crippen LogP contribution is 2.23. The Morgan fingerprint density at radius 1 is 1.00 bits per heavy atom. The van der Waals surface area contributed by atoms with Gasteiger partial charge in [-0.25, -0.2) is 0 Å². The van der Waals surface area contributed by atoms with Gasteiger partial charge in [-0.05, 0) is 17.8 Å². The molecule has 0 aromatic heterocycles. The zero-order valence-electron chi connectivity index (χ0n) is 7.94. The Bertz CT molecular complexity index is 109. The molecule has 0 saturated heterocycles. The van der Waals surface area contributed by atoms with E-state index >= 15 is 0 Å². The first kappa shape index (κ1) is 9.74. The third kappa shape index (κ3) is 2.55. The average molecular weight is 140 g/mol. The van der Waals surface area contributed by atoms with Crippen molar-refractivity contribution in [2.24, 2.45) is 17.8 Å². The van der Waals surface area contributed by atoms with E-state index in [0.717, 1.165) is 5.92 Å². The first-order valence-corrected chi connectivity index (χ1v) is 4.15. The van der Waals surface area contributed by atoms with Gasteiger partial charge in [0.05, 0.1) is 0 Å². The summed E-state index contributed by atoms with van der Waals surface area (Å²) in [5.74, 6) is 2.03. The minimum absolute atomic E-state index is 0.636. The molecule has 1 unspecified atom stereocenters. The largest absolute Gasteiger partial charge is 0.0993 e. The van der Waals surface area contributed by atoms with E-state index < -0.39 is 0 Å². The van der Waals surface area contributed by atoms with Crippen molar-refractivity contribution >= 4 is 0 Å². The molecule has 0 aliphatic carbocycles. The van der Waals surface area contributed by atoms with Gasteiger partial charge in [0.25, 0.3) is 0 Å². The van der Waals surface area contributed by atoms with Crippen molar-refractivity contribution in [1.82, 2.24) is 0 Å². The molecule has 0 fully saturated rings. The molecule has 0 heterocycles. The van der Waals surface area contributed by atoms with Crippen LogP contribution in [-0.4, -0.2) is 0 Å². The topological polar surface area (TPSA) is 0 Å². The second-order valence-corrected chi connectivity index (χ2v) is 3.76. The van der Waals surface area contributed by atoms with Crippen LogP contribution < -0.4 is 0 Å². The van der Waals surface area contributed by atoms with Gasteiger partial charge in [0.15, 0.2) is 0 Å². The summed E-state index contributed by atoms with van der Waals surface area (Å²) in [5.41, 5.74) is 1.38. The third-order valence-corrected chi connectivity index (χ3v) is 2.33. The predicted octanol–water partition coefficient (Wildman–Crippen LogP) is 3.49. The fourth-order valence-electron chi connectivity index (χ4n) is 0.954. The standard InChI is InChI=1S/C10H20/c1-7(2)9(5)10(6)8(3)4/h7-8,10H,5H2,1-4,6H3. The van der Waals surface area contributed by atoms with Gasteiger partial charge >= 0.3 is 0 Å². The molecule has 0 aromatic rings. The molecule has 0 saturated carbocycles. The van der Waals surface area contributed by atoms with E-state index in [1.807, 2.05) is 0 Å². The van der Waals surface area contributed by atoms with Crippen LogP contribution in [0, 0.1) is 17.8 Å². The zero-order chi connectivity index (χ0) is 8.31. The van der Waals surface area contributed by atoms with Crippen LogP contribution in [-0.2, 0) is 0 Å². The fraction of sp³-hybridized carbons (Fsp3) is 0.800. The second kappa shape index (κ2) is 3.80. The quantitative estimate of drug-likeness (QED) is 0.526. The molecule has 0 bridgehead atoms. The first-order chi connectivity index (χ1) is 4.46. The maximum absolute atomic E-state index is 4.08. The maximum Gasteiger partial charge on any atom is -0.0209 e. The van der Waals surface area contributed by atoms with Crippen LogP contribution in [0.25, 0.3) is 0 Å². The van der Waals surface area contributed by atoms with Crippen molar-refractivity contribution in [3.05, 3.63) is 12.2 Å². The number of hydrogen-bond donors (Lipinski definition) is 0. The number of hydrogen-bond acceptors (Lipinski definition) is 0. The minimum Gasteiger partial charge on any atom is -0.0993 e. The lowest BCUT2D eigenvalue weighted by Crippen LogP contribution is -2.10. The molecule has 0 spiro atoms. The van der Waals surface area contributed by atoms with Crippen LogP contribution in [0.15, 0.2) is 12.2 Å². The molecule has 0 radical (unpaired) electrons. The van der Waals surface area contributed by atoms with Crippen molar-refractivity contribution in [2.45, 2.75) is 34.6 Å². The van der Waals surface area contributed by atoms with Gasteiger partial charge in [0.2, 0.25) is 0 Å². The lowest BCUT2D eigenvalue weighted by Gasteiger charge is -2.21. The molecule has 0 amide bonds. The monoisotopic (exact) mass is 140 g/mol. The number of rotatable bonds is 3.